The molecule has 0 aliphatic carbocycles. The van der Waals surface area contributed by atoms with Gasteiger partial charge in [0.2, 0.25) is 0 Å². The molecule has 0 atom stereocenters. The SMILES string of the molecule is CCCC(CCC)=C(C)C(=O)OC.[SnH4]. The maximum absolute atomic E-state index is 11.2. The molecule has 0 aromatic heterocycles. The third-order valence-electron chi connectivity index (χ3n) is 2.13. The Morgan fingerprint density at radius 3 is 1.86 bits per heavy atom. The maximum atomic E-state index is 11.2. The Balaban J connectivity index is 0. The monoisotopic (exact) mass is 308 g/mol. The summed E-state index contributed by atoms with van der Waals surface area (Å²) in [4.78, 5) is 11.2. The fourth-order valence-electron chi connectivity index (χ4n) is 1.40. The fraction of sp³-hybridized carbons (Fsp3) is 0.727. The van der Waals surface area contributed by atoms with E-state index in [9.17, 15) is 4.79 Å². The van der Waals surface area contributed by atoms with E-state index in [-0.39, 0.29) is 29.9 Å². The van der Waals surface area contributed by atoms with E-state index in [1.54, 1.807) is 0 Å². The van der Waals surface area contributed by atoms with Gasteiger partial charge in [0.15, 0.2) is 0 Å². The van der Waals surface area contributed by atoms with Gasteiger partial charge in [-0.05, 0) is 19.8 Å². The summed E-state index contributed by atoms with van der Waals surface area (Å²) in [5.74, 6) is -0.183. The minimum absolute atomic E-state index is 0. The number of hydrogen-bond acceptors (Lipinski definition) is 2. The molecule has 0 saturated carbocycles. The van der Waals surface area contributed by atoms with Gasteiger partial charge in [-0.2, -0.15) is 0 Å². The number of hydrogen-bond donors (Lipinski definition) is 0. The molecule has 0 amide bonds. The molecule has 0 spiro atoms. The van der Waals surface area contributed by atoms with Crippen LogP contribution in [0.4, 0.5) is 0 Å². The molecule has 3 heteroatoms. The molecule has 0 bridgehead atoms. The molecule has 0 rings (SSSR count). The van der Waals surface area contributed by atoms with E-state index < -0.39 is 0 Å². The topological polar surface area (TPSA) is 26.3 Å². The summed E-state index contributed by atoms with van der Waals surface area (Å²) in [6.45, 7) is 6.10. The van der Waals surface area contributed by atoms with Crippen LogP contribution in [0.1, 0.15) is 46.5 Å². The third-order valence-corrected chi connectivity index (χ3v) is 2.13. The van der Waals surface area contributed by atoms with E-state index in [1.165, 1.54) is 12.7 Å². The summed E-state index contributed by atoms with van der Waals surface area (Å²) in [7, 11) is 1.43. The first kappa shape index (κ1) is 16.4. The molecule has 0 heterocycles. The van der Waals surface area contributed by atoms with Crippen LogP contribution in [0.15, 0.2) is 11.1 Å². The standard InChI is InChI=1S/C11H20O2.Sn.4H/c1-5-7-10(8-6-2)9(3)11(12)13-4;;;;;/h5-8H2,1-4H3;;;;;. The van der Waals surface area contributed by atoms with Crippen LogP contribution in [0, 0.1) is 0 Å². The zero-order valence-corrected chi connectivity index (χ0v) is 9.14. The van der Waals surface area contributed by atoms with Gasteiger partial charge in [0.05, 0.1) is 7.11 Å². The van der Waals surface area contributed by atoms with Crippen molar-refractivity contribution in [3.05, 3.63) is 11.1 Å². The number of ether oxygens (including phenoxy) is 1. The van der Waals surface area contributed by atoms with Crippen molar-refractivity contribution in [2.45, 2.75) is 46.5 Å². The molecule has 0 aromatic carbocycles. The summed E-state index contributed by atoms with van der Waals surface area (Å²) in [5, 5.41) is 0. The Morgan fingerprint density at radius 1 is 1.14 bits per heavy atom. The van der Waals surface area contributed by atoms with Crippen LogP contribution < -0.4 is 0 Å². The molecule has 0 aliphatic heterocycles. The summed E-state index contributed by atoms with van der Waals surface area (Å²) >= 11 is 0. The van der Waals surface area contributed by atoms with Crippen LogP contribution in [0.5, 0.6) is 0 Å². The Labute approximate surface area is 104 Å². The molecular formula is C11H24O2Sn. The van der Waals surface area contributed by atoms with E-state index in [2.05, 4.69) is 18.6 Å². The van der Waals surface area contributed by atoms with Crippen LogP contribution in [0.25, 0.3) is 0 Å². The fourth-order valence-corrected chi connectivity index (χ4v) is 1.40. The van der Waals surface area contributed by atoms with Crippen molar-refractivity contribution in [2.75, 3.05) is 7.11 Å². The summed E-state index contributed by atoms with van der Waals surface area (Å²) in [6, 6.07) is 0. The second-order valence-corrected chi connectivity index (χ2v) is 3.22. The van der Waals surface area contributed by atoms with Crippen molar-refractivity contribution in [3.63, 3.8) is 0 Å². The number of carbonyl (C=O) groups excluding carboxylic acids is 1. The number of carbonyl (C=O) groups is 1. The molecule has 0 radical (unpaired) electrons. The average molecular weight is 307 g/mol. The minimum atomic E-state index is -0.183. The van der Waals surface area contributed by atoms with Gasteiger partial charge in [-0.15, -0.1) is 0 Å². The molecule has 0 aromatic rings. The van der Waals surface area contributed by atoms with Gasteiger partial charge in [-0.1, -0.05) is 32.3 Å². The second kappa shape index (κ2) is 9.56. The van der Waals surface area contributed by atoms with Gasteiger partial charge >= 0.3 is 29.9 Å². The van der Waals surface area contributed by atoms with Gasteiger partial charge < -0.3 is 4.74 Å². The van der Waals surface area contributed by atoms with E-state index in [4.69, 9.17) is 0 Å². The average Bonchev–Trinajstić information content (AvgIpc) is 2.15. The Hall–Kier alpha value is 0.00870. The molecular weight excluding hydrogens is 283 g/mol. The van der Waals surface area contributed by atoms with Gasteiger partial charge in [-0.3, -0.25) is 0 Å². The van der Waals surface area contributed by atoms with Crippen molar-refractivity contribution >= 4 is 29.9 Å². The molecule has 0 fully saturated rings. The van der Waals surface area contributed by atoms with Crippen LogP contribution >= 0.6 is 0 Å². The van der Waals surface area contributed by atoms with Gasteiger partial charge in [-0.25, -0.2) is 4.79 Å². The van der Waals surface area contributed by atoms with Crippen LogP contribution in [0.2, 0.25) is 0 Å². The first-order valence-corrected chi connectivity index (χ1v) is 4.94. The van der Waals surface area contributed by atoms with Crippen molar-refractivity contribution in [2.24, 2.45) is 0 Å². The van der Waals surface area contributed by atoms with E-state index >= 15 is 0 Å². The molecule has 0 N–H and O–H groups in total. The van der Waals surface area contributed by atoms with Crippen LogP contribution in [0.3, 0.4) is 0 Å². The predicted molar refractivity (Wildman–Crippen MR) is 65.9 cm³/mol. The van der Waals surface area contributed by atoms with Gasteiger partial charge in [0.1, 0.15) is 0 Å². The van der Waals surface area contributed by atoms with E-state index in [1.807, 2.05) is 6.92 Å². The zero-order valence-electron chi connectivity index (χ0n) is 9.14. The number of rotatable bonds is 5. The third kappa shape index (κ3) is 5.68. The number of allylic oxidation sites excluding steroid dienone is 1. The Bertz CT molecular complexity index is 189. The van der Waals surface area contributed by atoms with Gasteiger partial charge in [0, 0.05) is 5.57 Å². The quantitative estimate of drug-likeness (QED) is 0.438. The van der Waals surface area contributed by atoms with Crippen LogP contribution in [-0.2, 0) is 9.53 Å². The molecule has 0 aliphatic rings. The first-order chi connectivity index (χ1) is 6.17. The summed E-state index contributed by atoms with van der Waals surface area (Å²) in [5.41, 5.74) is 2.04. The van der Waals surface area contributed by atoms with Crippen molar-refractivity contribution in [1.29, 1.82) is 0 Å². The number of esters is 1. The summed E-state index contributed by atoms with van der Waals surface area (Å²) in [6.07, 6.45) is 4.19. The molecule has 2 nitrogen and oxygen atoms in total. The van der Waals surface area contributed by atoms with Crippen molar-refractivity contribution < 1.29 is 9.53 Å². The Kier molecular flexibility index (Phi) is 11.2. The molecule has 14 heavy (non-hydrogen) atoms. The van der Waals surface area contributed by atoms with Crippen LogP contribution in [-0.4, -0.2) is 37.0 Å². The second-order valence-electron chi connectivity index (χ2n) is 3.22. The Morgan fingerprint density at radius 2 is 1.57 bits per heavy atom. The predicted octanol–water partition coefficient (Wildman–Crippen LogP) is 1.62. The molecule has 0 unspecified atom stereocenters. The summed E-state index contributed by atoms with van der Waals surface area (Å²) < 4.78 is 4.69. The normalized spacial score (nSPS) is 8.86. The van der Waals surface area contributed by atoms with E-state index in [0.29, 0.717) is 0 Å². The van der Waals surface area contributed by atoms with Crippen molar-refractivity contribution in [1.82, 2.24) is 0 Å². The van der Waals surface area contributed by atoms with Gasteiger partial charge in [0.25, 0.3) is 0 Å². The molecule has 84 valence electrons. The van der Waals surface area contributed by atoms with E-state index in [0.717, 1.165) is 31.3 Å². The first-order valence-electron chi connectivity index (χ1n) is 4.94. The molecule has 0 saturated heterocycles. The van der Waals surface area contributed by atoms with Crippen molar-refractivity contribution in [3.8, 4) is 0 Å². The number of methoxy groups -OCH3 is 1. The zero-order chi connectivity index (χ0) is 10.3.